The van der Waals surface area contributed by atoms with E-state index in [0.717, 1.165) is 16.8 Å². The summed E-state index contributed by atoms with van der Waals surface area (Å²) in [4.78, 5) is 44.6. The second kappa shape index (κ2) is 10.3. The van der Waals surface area contributed by atoms with Crippen LogP contribution in [0.1, 0.15) is 26.3 Å². The van der Waals surface area contributed by atoms with Gasteiger partial charge in [-0.3, -0.25) is 29.8 Å². The van der Waals surface area contributed by atoms with Crippen molar-refractivity contribution in [3.8, 4) is 5.75 Å². The molecule has 0 saturated carbocycles. The molecule has 13 heteroatoms. The first-order valence-corrected chi connectivity index (χ1v) is 10.1. The van der Waals surface area contributed by atoms with Crippen LogP contribution in [0.15, 0.2) is 70.2 Å². The van der Waals surface area contributed by atoms with Gasteiger partial charge >= 0.3 is 5.69 Å². The third kappa shape index (κ3) is 5.77. The molecule has 0 aliphatic carbocycles. The molecule has 0 saturated heterocycles. The molecule has 0 spiro atoms. The molecule has 3 aromatic rings. The van der Waals surface area contributed by atoms with Crippen molar-refractivity contribution in [3.63, 3.8) is 0 Å². The zero-order chi connectivity index (χ0) is 24.8. The second-order valence-electron chi connectivity index (χ2n) is 6.65. The van der Waals surface area contributed by atoms with Gasteiger partial charge in [-0.1, -0.05) is 15.9 Å². The summed E-state index contributed by atoms with van der Waals surface area (Å²) in [6.45, 7) is 0. The lowest BCUT2D eigenvalue weighted by Gasteiger charge is -2.06. The molecule has 12 nitrogen and oxygen atoms in total. The van der Waals surface area contributed by atoms with Crippen LogP contribution in [0.3, 0.4) is 0 Å². The molecule has 0 heterocycles. The Morgan fingerprint density at radius 1 is 0.912 bits per heavy atom. The molecule has 172 valence electrons. The number of nitro groups is 2. The molecule has 0 fully saturated rings. The Morgan fingerprint density at radius 2 is 1.50 bits per heavy atom. The molecule has 34 heavy (non-hydrogen) atoms. The molecule has 0 radical (unpaired) electrons. The lowest BCUT2D eigenvalue weighted by molar-refractivity contribution is -0.394. The number of amides is 2. The van der Waals surface area contributed by atoms with E-state index in [1.165, 1.54) is 24.3 Å². The quantitative estimate of drug-likeness (QED) is 0.236. The smallest absolute Gasteiger partial charge is 0.318 e. The number of hydrogen-bond acceptors (Lipinski definition) is 8. The SMILES string of the molecule is O=C(N/N=C/c1cc([N+](=O)[O-])cc([N+](=O)[O-])c1O)c1ccc(NC(=O)c2ccc(Br)cc2)cc1. The minimum absolute atomic E-state index is 0.174. The number of nitrogens with one attached hydrogen (secondary N) is 2. The van der Waals surface area contributed by atoms with E-state index in [1.54, 1.807) is 24.3 Å². The Labute approximate surface area is 199 Å². The summed E-state index contributed by atoms with van der Waals surface area (Å²) in [7, 11) is 0. The van der Waals surface area contributed by atoms with Crippen molar-refractivity contribution in [2.24, 2.45) is 5.10 Å². The van der Waals surface area contributed by atoms with E-state index >= 15 is 0 Å². The molecular formula is C21H14BrN5O7. The highest BCUT2D eigenvalue weighted by Gasteiger charge is 2.23. The Bertz CT molecular complexity index is 1310. The molecule has 2 amide bonds. The van der Waals surface area contributed by atoms with Crippen molar-refractivity contribution in [2.75, 3.05) is 5.32 Å². The maximum Gasteiger partial charge on any atom is 0.318 e. The number of non-ortho nitro benzene ring substituents is 1. The van der Waals surface area contributed by atoms with Crippen molar-refractivity contribution in [2.45, 2.75) is 0 Å². The van der Waals surface area contributed by atoms with E-state index in [9.17, 15) is 34.9 Å². The first kappa shape index (κ1) is 24.0. The molecule has 3 aromatic carbocycles. The van der Waals surface area contributed by atoms with Crippen molar-refractivity contribution >= 4 is 51.0 Å². The fourth-order valence-electron chi connectivity index (χ4n) is 2.70. The van der Waals surface area contributed by atoms with Gasteiger partial charge in [0, 0.05) is 27.4 Å². The van der Waals surface area contributed by atoms with E-state index in [4.69, 9.17) is 0 Å². The lowest BCUT2D eigenvalue weighted by Crippen LogP contribution is -2.18. The predicted octanol–water partition coefficient (Wildman–Crippen LogP) is 3.99. The van der Waals surface area contributed by atoms with Gasteiger partial charge in [-0.15, -0.1) is 0 Å². The third-order valence-corrected chi connectivity index (χ3v) is 4.92. The van der Waals surface area contributed by atoms with Crippen LogP contribution in [0.2, 0.25) is 0 Å². The molecule has 0 unspecified atom stereocenters. The maximum absolute atomic E-state index is 12.3. The maximum atomic E-state index is 12.3. The Hall–Kier alpha value is -4.65. The first-order chi connectivity index (χ1) is 16.2. The summed E-state index contributed by atoms with van der Waals surface area (Å²) in [5, 5.41) is 38.2. The van der Waals surface area contributed by atoms with Crippen molar-refractivity contribution in [3.05, 3.63) is 102 Å². The fourth-order valence-corrected chi connectivity index (χ4v) is 2.97. The molecule has 3 N–H and O–H groups in total. The monoisotopic (exact) mass is 527 g/mol. The molecule has 0 aliphatic rings. The number of carbonyl (C=O) groups excluding carboxylic acids is 2. The highest BCUT2D eigenvalue weighted by molar-refractivity contribution is 9.10. The van der Waals surface area contributed by atoms with Gasteiger partial charge in [-0.25, -0.2) is 5.43 Å². The summed E-state index contributed by atoms with van der Waals surface area (Å²) in [5.41, 5.74) is 1.39. The number of hydrazone groups is 1. The van der Waals surface area contributed by atoms with Gasteiger partial charge in [0.25, 0.3) is 17.5 Å². The zero-order valence-electron chi connectivity index (χ0n) is 17.0. The van der Waals surface area contributed by atoms with Crippen molar-refractivity contribution < 1.29 is 24.5 Å². The van der Waals surface area contributed by atoms with Gasteiger partial charge in [0.1, 0.15) is 0 Å². The van der Waals surface area contributed by atoms with E-state index in [2.05, 4.69) is 31.8 Å². The molecule has 0 atom stereocenters. The molecule has 0 aliphatic heterocycles. The highest BCUT2D eigenvalue weighted by Crippen LogP contribution is 2.33. The van der Waals surface area contributed by atoms with Gasteiger partial charge in [-0.2, -0.15) is 5.10 Å². The number of phenolic OH excluding ortho intramolecular Hbond substituents is 1. The first-order valence-electron chi connectivity index (χ1n) is 9.32. The Kier molecular flexibility index (Phi) is 7.28. The number of nitrogens with zero attached hydrogens (tertiary/aromatic N) is 3. The predicted molar refractivity (Wildman–Crippen MR) is 125 cm³/mol. The number of hydrogen-bond donors (Lipinski definition) is 3. The standard InChI is InChI=1S/C21H14BrN5O7/c22-15-5-1-12(2-6-15)20(29)24-16-7-3-13(4-8-16)21(30)25-23-11-14-9-17(26(31)32)10-18(19(14)28)27(33)34/h1-11,28H,(H,24,29)(H,25,30)/b23-11+. The molecule has 0 bridgehead atoms. The van der Waals surface area contributed by atoms with E-state index < -0.39 is 32.9 Å². The number of phenols is 1. The normalized spacial score (nSPS) is 10.6. The largest absolute Gasteiger partial charge is 0.502 e. The van der Waals surface area contributed by atoms with Crippen LogP contribution in [0.5, 0.6) is 5.75 Å². The number of halogens is 1. The van der Waals surface area contributed by atoms with Gasteiger partial charge < -0.3 is 10.4 Å². The van der Waals surface area contributed by atoms with Crippen LogP contribution in [0, 0.1) is 20.2 Å². The molecule has 0 aromatic heterocycles. The van der Waals surface area contributed by atoms with Crippen molar-refractivity contribution in [1.29, 1.82) is 0 Å². The lowest BCUT2D eigenvalue weighted by atomic mass is 10.1. The van der Waals surface area contributed by atoms with Crippen LogP contribution < -0.4 is 10.7 Å². The van der Waals surface area contributed by atoms with E-state index in [1.807, 2.05) is 0 Å². The summed E-state index contributed by atoms with van der Waals surface area (Å²) in [6, 6.07) is 14.1. The summed E-state index contributed by atoms with van der Waals surface area (Å²) in [5.74, 6) is -1.83. The number of carbonyl (C=O) groups is 2. The van der Waals surface area contributed by atoms with Crippen molar-refractivity contribution in [1.82, 2.24) is 5.43 Å². The zero-order valence-corrected chi connectivity index (χ0v) is 18.6. The molecule has 3 rings (SSSR count). The Morgan fingerprint density at radius 3 is 2.09 bits per heavy atom. The number of rotatable bonds is 7. The summed E-state index contributed by atoms with van der Waals surface area (Å²) >= 11 is 3.29. The topological polar surface area (TPSA) is 177 Å². The van der Waals surface area contributed by atoms with E-state index in [0.29, 0.717) is 17.3 Å². The van der Waals surface area contributed by atoms with Gasteiger partial charge in [0.15, 0.2) is 0 Å². The van der Waals surface area contributed by atoms with Crippen LogP contribution in [-0.4, -0.2) is 33.0 Å². The van der Waals surface area contributed by atoms with Gasteiger partial charge in [0.05, 0.1) is 27.7 Å². The average Bonchev–Trinajstić information content (AvgIpc) is 2.80. The summed E-state index contributed by atoms with van der Waals surface area (Å²) in [6.07, 6.45) is 0.847. The van der Waals surface area contributed by atoms with Crippen LogP contribution in [-0.2, 0) is 0 Å². The third-order valence-electron chi connectivity index (χ3n) is 4.39. The minimum atomic E-state index is -0.977. The second-order valence-corrected chi connectivity index (χ2v) is 7.57. The number of aromatic hydroxyl groups is 1. The van der Waals surface area contributed by atoms with E-state index in [-0.39, 0.29) is 17.0 Å². The average molecular weight is 528 g/mol. The Balaban J connectivity index is 1.67. The number of nitro benzene ring substituents is 2. The minimum Gasteiger partial charge on any atom is -0.502 e. The summed E-state index contributed by atoms with van der Waals surface area (Å²) < 4.78 is 0.834. The fraction of sp³-hybridized carbons (Fsp3) is 0. The van der Waals surface area contributed by atoms with Crippen LogP contribution >= 0.6 is 15.9 Å². The number of anilines is 1. The van der Waals surface area contributed by atoms with Crippen LogP contribution in [0.25, 0.3) is 0 Å². The highest BCUT2D eigenvalue weighted by atomic mass is 79.9. The van der Waals surface area contributed by atoms with Gasteiger partial charge in [0.2, 0.25) is 5.75 Å². The van der Waals surface area contributed by atoms with Gasteiger partial charge in [-0.05, 0) is 48.5 Å². The molecular weight excluding hydrogens is 514 g/mol. The number of benzene rings is 3. The van der Waals surface area contributed by atoms with Crippen LogP contribution in [0.4, 0.5) is 17.1 Å².